The first-order valence-electron chi connectivity index (χ1n) is 4.79. The molecule has 0 aromatic rings. The molecular formula is C11H23N2O+. The molecule has 0 fully saturated rings. The van der Waals surface area contributed by atoms with E-state index in [-0.39, 0.29) is 7.33 Å². The topological polar surface area (TPSA) is 29.1 Å². The maximum Gasteiger partial charge on any atom is 0.246 e. The van der Waals surface area contributed by atoms with Gasteiger partial charge in [0.1, 0.15) is 0 Å². The van der Waals surface area contributed by atoms with E-state index in [2.05, 4.69) is 32.6 Å². The molecule has 0 heterocycles. The first-order valence-corrected chi connectivity index (χ1v) is 4.79. The van der Waals surface area contributed by atoms with Crippen LogP contribution in [0.25, 0.3) is 0 Å². The van der Waals surface area contributed by atoms with Gasteiger partial charge >= 0.3 is 0 Å². The van der Waals surface area contributed by atoms with Gasteiger partial charge in [0.25, 0.3) is 0 Å². The zero-order valence-electron chi connectivity index (χ0n) is 9.47. The molecular weight excluding hydrogens is 176 g/mol. The Kier molecular flexibility index (Phi) is 5.16. The van der Waals surface area contributed by atoms with Crippen LogP contribution in [0.3, 0.4) is 0 Å². The predicted octanol–water partition coefficient (Wildman–Crippen LogP) is 1.53. The Bertz CT molecular complexity index is 237. The van der Waals surface area contributed by atoms with Gasteiger partial charge in [0.05, 0.1) is 26.8 Å². The number of carbonyl (C=O) groups is 1. The molecule has 3 heteroatoms. The van der Waals surface area contributed by atoms with E-state index >= 15 is 0 Å². The maximum atomic E-state index is 11.1. The summed E-state index contributed by atoms with van der Waals surface area (Å²) in [5, 5.41) is 2.80. The molecule has 3 nitrogen and oxygen atoms in total. The molecule has 0 saturated heterocycles. The van der Waals surface area contributed by atoms with Crippen molar-refractivity contribution in [1.82, 2.24) is 5.32 Å². The predicted molar refractivity (Wildman–Crippen MR) is 61.7 cm³/mol. The zero-order chi connectivity index (χ0) is 11.2. The van der Waals surface area contributed by atoms with Gasteiger partial charge < -0.3 is 9.80 Å². The molecule has 0 aliphatic rings. The van der Waals surface area contributed by atoms with E-state index in [4.69, 9.17) is 0 Å². The summed E-state index contributed by atoms with van der Waals surface area (Å²) in [7, 11) is 4.15. The minimum Gasteiger partial charge on any atom is -0.352 e. The summed E-state index contributed by atoms with van der Waals surface area (Å²) in [6.45, 7) is 10.7. The number of nitrogens with one attached hydrogen (secondary N) is 1. The third-order valence-corrected chi connectivity index (χ3v) is 2.08. The highest BCUT2D eigenvalue weighted by Crippen LogP contribution is 1.98. The third kappa shape index (κ3) is 5.54. The smallest absolute Gasteiger partial charge is 0.246 e. The minimum absolute atomic E-state index is 0. The fourth-order valence-electron chi connectivity index (χ4n) is 0.931. The van der Waals surface area contributed by atoms with Crippen LogP contribution in [0.15, 0.2) is 24.9 Å². The number of quaternary nitrogens is 1. The van der Waals surface area contributed by atoms with Crippen LogP contribution in [0.1, 0.15) is 14.8 Å². The van der Waals surface area contributed by atoms with Gasteiger partial charge in [0.15, 0.2) is 0 Å². The highest BCUT2D eigenvalue weighted by molar-refractivity contribution is 5.91. The van der Waals surface area contributed by atoms with E-state index in [1.54, 1.807) is 6.92 Å². The first kappa shape index (κ1) is 12.9. The Hall–Kier alpha value is -1.09. The average Bonchev–Trinajstić information content (AvgIpc) is 2.12. The molecule has 1 N–H and O–H groups in total. The number of amides is 1. The number of carbonyl (C=O) groups excluding carboxylic acids is 1. The molecule has 0 atom stereocenters. The summed E-state index contributed by atoms with van der Waals surface area (Å²) in [5.41, 5.74) is 0.558. The lowest BCUT2D eigenvalue weighted by Gasteiger charge is -2.24. The molecule has 0 radical (unpaired) electrons. The number of hydrogen-bond donors (Lipinski definition) is 1. The lowest BCUT2D eigenvalue weighted by molar-refractivity contribution is -0.838. The first-order chi connectivity index (χ1) is 6.39. The summed E-state index contributed by atoms with van der Waals surface area (Å²) in [6, 6.07) is 0. The maximum absolute atomic E-state index is 11.1. The van der Waals surface area contributed by atoms with Crippen molar-refractivity contribution < 1.29 is 10.7 Å². The molecule has 0 unspecified atom stereocenters. The van der Waals surface area contributed by atoms with Crippen molar-refractivity contribution in [2.75, 3.05) is 27.2 Å². The molecule has 0 aliphatic carbocycles. The fourth-order valence-corrected chi connectivity index (χ4v) is 0.931. The number of rotatable bonds is 6. The second-order valence-electron chi connectivity index (χ2n) is 4.07. The van der Waals surface area contributed by atoms with E-state index in [0.717, 1.165) is 17.4 Å². The molecule has 0 rings (SSSR count). The Balaban J connectivity index is 0. The lowest BCUT2D eigenvalue weighted by Crippen LogP contribution is -2.36. The van der Waals surface area contributed by atoms with Crippen LogP contribution in [-0.2, 0) is 4.79 Å². The lowest BCUT2D eigenvalue weighted by atomic mass is 10.3. The van der Waals surface area contributed by atoms with Crippen molar-refractivity contribution in [3.05, 3.63) is 24.9 Å². The van der Waals surface area contributed by atoms with E-state index in [1.165, 1.54) is 0 Å². The van der Waals surface area contributed by atoms with Crippen LogP contribution in [0.4, 0.5) is 0 Å². The minimum atomic E-state index is -0.0612. The van der Waals surface area contributed by atoms with Gasteiger partial charge in [-0.2, -0.15) is 0 Å². The van der Waals surface area contributed by atoms with Crippen LogP contribution in [-0.4, -0.2) is 37.6 Å². The second kappa shape index (κ2) is 5.60. The Labute approximate surface area is 88.2 Å². The zero-order valence-corrected chi connectivity index (χ0v) is 9.47. The van der Waals surface area contributed by atoms with E-state index in [9.17, 15) is 4.79 Å². The average molecular weight is 199 g/mol. The largest absolute Gasteiger partial charge is 0.352 e. The Morgan fingerprint density at radius 1 is 1.57 bits per heavy atom. The van der Waals surface area contributed by atoms with Gasteiger partial charge in [-0.25, -0.2) is 0 Å². The van der Waals surface area contributed by atoms with Crippen LogP contribution in [0.5, 0.6) is 0 Å². The number of hydrogen-bond acceptors (Lipinski definition) is 1. The van der Waals surface area contributed by atoms with E-state index < -0.39 is 0 Å². The van der Waals surface area contributed by atoms with Crippen LogP contribution >= 0.6 is 0 Å². The van der Waals surface area contributed by atoms with Crippen molar-refractivity contribution >= 4 is 5.91 Å². The molecule has 0 saturated carbocycles. The quantitative estimate of drug-likeness (QED) is 0.392. The van der Waals surface area contributed by atoms with Gasteiger partial charge in [0.2, 0.25) is 5.91 Å². The van der Waals surface area contributed by atoms with Crippen LogP contribution in [0, 0.1) is 0 Å². The highest BCUT2D eigenvalue weighted by Gasteiger charge is 2.09. The van der Waals surface area contributed by atoms with Crippen LogP contribution < -0.4 is 5.32 Å². The summed E-state index contributed by atoms with van der Waals surface area (Å²) in [6.07, 6.45) is 2.83. The normalized spacial score (nSPS) is 10.8. The van der Waals surface area contributed by atoms with Gasteiger partial charge in [-0.05, 0) is 13.5 Å². The summed E-state index contributed by atoms with van der Waals surface area (Å²) in [5.74, 6) is -0.0612. The van der Waals surface area contributed by atoms with Gasteiger partial charge in [-0.3, -0.25) is 4.79 Å². The van der Waals surface area contributed by atoms with Crippen molar-refractivity contribution in [2.45, 2.75) is 13.3 Å². The molecule has 1 amide bonds. The third-order valence-electron chi connectivity index (χ3n) is 2.08. The highest BCUT2D eigenvalue weighted by atomic mass is 16.1. The monoisotopic (exact) mass is 199 g/mol. The molecule has 0 bridgehead atoms. The van der Waals surface area contributed by atoms with Gasteiger partial charge in [-0.15, -0.1) is 0 Å². The van der Waals surface area contributed by atoms with Crippen molar-refractivity contribution in [3.8, 4) is 0 Å². The molecule has 0 aromatic carbocycles. The molecule has 0 aromatic heterocycles. The Morgan fingerprint density at radius 3 is 2.57 bits per heavy atom. The summed E-state index contributed by atoms with van der Waals surface area (Å²) >= 11 is 0. The van der Waals surface area contributed by atoms with Gasteiger partial charge in [-0.1, -0.05) is 6.58 Å². The SMILES string of the molecule is C=C[N+](C)(C)CCCNC(=O)C(=C)C.[HH]. The molecule has 82 valence electrons. The van der Waals surface area contributed by atoms with E-state index in [1.807, 2.05) is 6.20 Å². The standard InChI is InChI=1S/C11H20N2O.H2/c1-6-13(4,5)9-7-8-12-11(14)10(2)3;/h6H,1-2,7-9H2,3-5H3;1H/p+1. The molecule has 0 spiro atoms. The van der Waals surface area contributed by atoms with Gasteiger partial charge in [0, 0.05) is 20.0 Å². The fraction of sp³-hybridized carbons (Fsp3) is 0.545. The number of nitrogens with zero attached hydrogens (tertiary/aromatic N) is 1. The molecule has 0 aliphatic heterocycles. The Morgan fingerprint density at radius 2 is 2.14 bits per heavy atom. The van der Waals surface area contributed by atoms with Crippen LogP contribution in [0.2, 0.25) is 0 Å². The summed E-state index contributed by atoms with van der Waals surface area (Å²) in [4.78, 5) is 11.1. The van der Waals surface area contributed by atoms with E-state index in [0.29, 0.717) is 12.1 Å². The molecule has 14 heavy (non-hydrogen) atoms. The van der Waals surface area contributed by atoms with Crippen molar-refractivity contribution in [1.29, 1.82) is 0 Å². The van der Waals surface area contributed by atoms with Crippen molar-refractivity contribution in [3.63, 3.8) is 0 Å². The summed E-state index contributed by atoms with van der Waals surface area (Å²) < 4.78 is 0.767. The van der Waals surface area contributed by atoms with Crippen molar-refractivity contribution in [2.24, 2.45) is 0 Å². The second-order valence-corrected chi connectivity index (χ2v) is 4.07.